The average Bonchev–Trinajstić information content (AvgIpc) is 2.98. The fourth-order valence-electron chi connectivity index (χ4n) is 2.77. The van der Waals surface area contributed by atoms with E-state index in [9.17, 15) is 4.79 Å². The maximum atomic E-state index is 12.7. The van der Waals surface area contributed by atoms with Crippen LogP contribution in [0, 0.1) is 13.8 Å². The highest BCUT2D eigenvalue weighted by atomic mass is 32.2. The van der Waals surface area contributed by atoms with Gasteiger partial charge in [-0.15, -0.1) is 5.10 Å². The Morgan fingerprint density at radius 1 is 1.20 bits per heavy atom. The Morgan fingerprint density at radius 2 is 1.92 bits per heavy atom. The summed E-state index contributed by atoms with van der Waals surface area (Å²) in [4.78, 5) is 21.5. The summed E-state index contributed by atoms with van der Waals surface area (Å²) < 4.78 is 1.71. The molecule has 3 aromatic rings. The second kappa shape index (κ2) is 7.35. The fraction of sp³-hybridized carbons (Fsp3) is 0.368. The Labute approximate surface area is 151 Å². The molecule has 0 aliphatic heterocycles. The van der Waals surface area contributed by atoms with Gasteiger partial charge < -0.3 is 0 Å². The topological polar surface area (TPSA) is 60.2 Å². The summed E-state index contributed by atoms with van der Waals surface area (Å²) in [6, 6.07) is 9.86. The van der Waals surface area contributed by atoms with E-state index in [1.165, 1.54) is 17.3 Å². The van der Waals surface area contributed by atoms with Gasteiger partial charge in [-0.3, -0.25) is 4.79 Å². The standard InChI is InChI=1S/C19H22N4OS/c1-5-6-15-7-9-16(10-8-15)17(24)14(4)25-19-21-18-20-12(2)11-13(3)23(18)22-19/h7-11,14H,5-6H2,1-4H3/t14-/m1/s1. The van der Waals surface area contributed by atoms with Gasteiger partial charge in [0.25, 0.3) is 5.78 Å². The van der Waals surface area contributed by atoms with E-state index in [2.05, 4.69) is 22.0 Å². The molecule has 0 fully saturated rings. The van der Waals surface area contributed by atoms with Gasteiger partial charge in [0.1, 0.15) is 0 Å². The molecule has 0 saturated carbocycles. The van der Waals surface area contributed by atoms with Gasteiger partial charge in [0.15, 0.2) is 5.78 Å². The molecule has 0 amide bonds. The lowest BCUT2D eigenvalue weighted by Gasteiger charge is -2.08. The number of carbonyl (C=O) groups is 1. The number of aryl methyl sites for hydroxylation is 3. The number of Topliss-reactive ketones (excluding diaryl/α,β-unsaturated/α-hetero) is 1. The highest BCUT2D eigenvalue weighted by Crippen LogP contribution is 2.24. The molecule has 2 heterocycles. The number of aromatic nitrogens is 4. The summed E-state index contributed by atoms with van der Waals surface area (Å²) in [6.07, 6.45) is 2.14. The Kier molecular flexibility index (Phi) is 5.18. The lowest BCUT2D eigenvalue weighted by molar-refractivity contribution is 0.0994. The van der Waals surface area contributed by atoms with Crippen LogP contribution in [0.25, 0.3) is 5.78 Å². The molecule has 0 unspecified atom stereocenters. The number of hydrogen-bond acceptors (Lipinski definition) is 5. The minimum Gasteiger partial charge on any atom is -0.293 e. The summed E-state index contributed by atoms with van der Waals surface area (Å²) in [5.41, 5.74) is 3.88. The predicted molar refractivity (Wildman–Crippen MR) is 100 cm³/mol. The second-order valence-corrected chi connectivity index (χ2v) is 7.52. The average molecular weight is 354 g/mol. The summed E-state index contributed by atoms with van der Waals surface area (Å²) >= 11 is 1.37. The van der Waals surface area contributed by atoms with E-state index in [4.69, 9.17) is 0 Å². The Balaban J connectivity index is 1.76. The number of benzene rings is 1. The van der Waals surface area contributed by atoms with Crippen LogP contribution in [0.2, 0.25) is 0 Å². The van der Waals surface area contributed by atoms with E-state index < -0.39 is 0 Å². The zero-order chi connectivity index (χ0) is 18.0. The van der Waals surface area contributed by atoms with Crippen LogP contribution in [0.3, 0.4) is 0 Å². The van der Waals surface area contributed by atoms with Crippen molar-refractivity contribution >= 4 is 23.3 Å². The first-order valence-electron chi connectivity index (χ1n) is 8.48. The van der Waals surface area contributed by atoms with E-state index >= 15 is 0 Å². The van der Waals surface area contributed by atoms with Crippen LogP contribution < -0.4 is 0 Å². The van der Waals surface area contributed by atoms with Gasteiger partial charge in [0.05, 0.1) is 5.25 Å². The highest BCUT2D eigenvalue weighted by molar-refractivity contribution is 8.00. The van der Waals surface area contributed by atoms with Gasteiger partial charge in [-0.2, -0.15) is 4.98 Å². The first-order valence-corrected chi connectivity index (χ1v) is 9.36. The summed E-state index contributed by atoms with van der Waals surface area (Å²) in [6.45, 7) is 7.95. The van der Waals surface area contributed by atoms with Crippen LogP contribution in [0.5, 0.6) is 0 Å². The molecular formula is C19H22N4OS. The molecular weight excluding hydrogens is 332 g/mol. The van der Waals surface area contributed by atoms with Crippen LogP contribution in [0.1, 0.15) is 47.6 Å². The van der Waals surface area contributed by atoms with Crippen molar-refractivity contribution in [3.05, 3.63) is 52.8 Å². The van der Waals surface area contributed by atoms with Gasteiger partial charge in [0, 0.05) is 17.0 Å². The van der Waals surface area contributed by atoms with Gasteiger partial charge in [-0.05, 0) is 38.8 Å². The largest absolute Gasteiger partial charge is 0.293 e. The van der Waals surface area contributed by atoms with Crippen LogP contribution in [-0.4, -0.2) is 30.6 Å². The molecule has 0 saturated heterocycles. The maximum absolute atomic E-state index is 12.7. The third-order valence-corrected chi connectivity index (χ3v) is 4.98. The monoisotopic (exact) mass is 354 g/mol. The number of thioether (sulfide) groups is 1. The molecule has 0 N–H and O–H groups in total. The Morgan fingerprint density at radius 3 is 2.60 bits per heavy atom. The third-order valence-electron chi connectivity index (χ3n) is 4.03. The predicted octanol–water partition coefficient (Wildman–Crippen LogP) is 4.06. The van der Waals surface area contributed by atoms with Crippen molar-refractivity contribution < 1.29 is 4.79 Å². The lowest BCUT2D eigenvalue weighted by atomic mass is 10.0. The zero-order valence-corrected chi connectivity index (χ0v) is 15.8. The van der Waals surface area contributed by atoms with Gasteiger partial charge in [0.2, 0.25) is 5.16 Å². The number of nitrogens with zero attached hydrogens (tertiary/aromatic N) is 4. The van der Waals surface area contributed by atoms with Crippen molar-refractivity contribution in [2.75, 3.05) is 0 Å². The van der Waals surface area contributed by atoms with Crippen molar-refractivity contribution in [2.45, 2.75) is 50.9 Å². The van der Waals surface area contributed by atoms with Gasteiger partial charge in [-0.25, -0.2) is 9.50 Å². The van der Waals surface area contributed by atoms with Gasteiger partial charge >= 0.3 is 0 Å². The summed E-state index contributed by atoms with van der Waals surface area (Å²) in [5, 5.41) is 4.78. The minimum atomic E-state index is -0.254. The van der Waals surface area contributed by atoms with E-state index in [0.29, 0.717) is 10.9 Å². The van der Waals surface area contributed by atoms with Crippen LogP contribution >= 0.6 is 11.8 Å². The van der Waals surface area contributed by atoms with Gasteiger partial charge in [-0.1, -0.05) is 49.4 Å². The van der Waals surface area contributed by atoms with Crippen molar-refractivity contribution in [1.29, 1.82) is 0 Å². The molecule has 0 radical (unpaired) electrons. The zero-order valence-electron chi connectivity index (χ0n) is 15.0. The van der Waals surface area contributed by atoms with E-state index in [0.717, 1.165) is 29.8 Å². The third kappa shape index (κ3) is 3.90. The minimum absolute atomic E-state index is 0.0905. The van der Waals surface area contributed by atoms with Crippen molar-refractivity contribution in [3.8, 4) is 0 Å². The molecule has 25 heavy (non-hydrogen) atoms. The quantitative estimate of drug-likeness (QED) is 0.493. The second-order valence-electron chi connectivity index (χ2n) is 6.22. The lowest BCUT2D eigenvalue weighted by Crippen LogP contribution is -2.13. The molecule has 5 nitrogen and oxygen atoms in total. The Hall–Kier alpha value is -2.21. The molecule has 130 valence electrons. The molecule has 2 aromatic heterocycles. The summed E-state index contributed by atoms with van der Waals surface area (Å²) in [7, 11) is 0. The Bertz CT molecular complexity index is 902. The van der Waals surface area contributed by atoms with Crippen molar-refractivity contribution in [1.82, 2.24) is 19.6 Å². The SMILES string of the molecule is CCCc1ccc(C(=O)[C@@H](C)Sc2nc3nc(C)cc(C)n3n2)cc1. The van der Waals surface area contributed by atoms with E-state index in [-0.39, 0.29) is 11.0 Å². The highest BCUT2D eigenvalue weighted by Gasteiger charge is 2.19. The molecule has 0 aliphatic rings. The van der Waals surface area contributed by atoms with Crippen LogP contribution in [-0.2, 0) is 6.42 Å². The number of carbonyl (C=O) groups excluding carboxylic acids is 1. The molecule has 0 bridgehead atoms. The van der Waals surface area contributed by atoms with E-state index in [1.807, 2.05) is 51.1 Å². The van der Waals surface area contributed by atoms with E-state index in [1.54, 1.807) is 4.52 Å². The number of fused-ring (bicyclic) bond motifs is 1. The van der Waals surface area contributed by atoms with Crippen LogP contribution in [0.15, 0.2) is 35.5 Å². The molecule has 1 atom stereocenters. The number of rotatable bonds is 6. The maximum Gasteiger partial charge on any atom is 0.253 e. The first-order chi connectivity index (χ1) is 12.0. The molecule has 3 rings (SSSR count). The molecule has 0 aliphatic carbocycles. The molecule has 6 heteroatoms. The smallest absolute Gasteiger partial charge is 0.253 e. The van der Waals surface area contributed by atoms with Crippen molar-refractivity contribution in [3.63, 3.8) is 0 Å². The van der Waals surface area contributed by atoms with Crippen molar-refractivity contribution in [2.24, 2.45) is 0 Å². The summed E-state index contributed by atoms with van der Waals surface area (Å²) in [5.74, 6) is 0.663. The fourth-order valence-corrected chi connectivity index (χ4v) is 3.59. The van der Waals surface area contributed by atoms with Crippen LogP contribution in [0.4, 0.5) is 0 Å². The normalized spacial score (nSPS) is 12.5. The molecule has 1 aromatic carbocycles. The number of ketones is 1. The first kappa shape index (κ1) is 17.6. The number of hydrogen-bond donors (Lipinski definition) is 0. The molecule has 0 spiro atoms.